The highest BCUT2D eigenvalue weighted by molar-refractivity contribution is 9.10. The minimum Gasteiger partial charge on any atom is -0.349 e. The standard InChI is InChI=1S/C16H15BrN2O3S/c17-12-4-2-5-14(10-12)19-23(21,22)15-6-1-3-11(9-15)16(20)18-13-7-8-13/h1-6,9-10,13,19H,7-8H2,(H,18,20). The van der Waals surface area contributed by atoms with Gasteiger partial charge in [-0.25, -0.2) is 8.42 Å². The van der Waals surface area contributed by atoms with Crippen LogP contribution in [0.15, 0.2) is 57.9 Å². The Morgan fingerprint density at radius 3 is 2.52 bits per heavy atom. The van der Waals surface area contributed by atoms with Crippen LogP contribution in [0.1, 0.15) is 23.2 Å². The molecule has 0 saturated heterocycles. The predicted molar refractivity (Wildman–Crippen MR) is 91.9 cm³/mol. The number of halogens is 1. The molecule has 23 heavy (non-hydrogen) atoms. The number of benzene rings is 2. The maximum Gasteiger partial charge on any atom is 0.261 e. The Balaban J connectivity index is 1.83. The van der Waals surface area contributed by atoms with Gasteiger partial charge in [-0.15, -0.1) is 0 Å². The summed E-state index contributed by atoms with van der Waals surface area (Å²) in [6.07, 6.45) is 1.96. The second kappa shape index (κ2) is 6.33. The fraction of sp³-hybridized carbons (Fsp3) is 0.188. The van der Waals surface area contributed by atoms with Crippen molar-refractivity contribution < 1.29 is 13.2 Å². The number of hydrogen-bond acceptors (Lipinski definition) is 3. The maximum absolute atomic E-state index is 12.5. The van der Waals surface area contributed by atoms with Crippen LogP contribution in [0.25, 0.3) is 0 Å². The van der Waals surface area contributed by atoms with Crippen molar-refractivity contribution in [1.82, 2.24) is 5.32 Å². The van der Waals surface area contributed by atoms with Gasteiger partial charge in [-0.05, 0) is 49.2 Å². The first kappa shape index (κ1) is 16.0. The number of sulfonamides is 1. The molecule has 0 spiro atoms. The summed E-state index contributed by atoms with van der Waals surface area (Å²) in [6.45, 7) is 0. The van der Waals surface area contributed by atoms with E-state index in [2.05, 4.69) is 26.0 Å². The van der Waals surface area contributed by atoms with E-state index in [1.165, 1.54) is 12.1 Å². The monoisotopic (exact) mass is 394 g/mol. The van der Waals surface area contributed by atoms with Crippen LogP contribution >= 0.6 is 15.9 Å². The van der Waals surface area contributed by atoms with E-state index in [1.807, 2.05) is 0 Å². The van der Waals surface area contributed by atoms with Crippen LogP contribution in [0.5, 0.6) is 0 Å². The van der Waals surface area contributed by atoms with Gasteiger partial charge in [0, 0.05) is 21.8 Å². The van der Waals surface area contributed by atoms with Gasteiger partial charge in [-0.1, -0.05) is 28.1 Å². The average Bonchev–Trinajstić information content (AvgIpc) is 3.31. The first-order chi connectivity index (χ1) is 10.9. The van der Waals surface area contributed by atoms with Crippen LogP contribution in [0.3, 0.4) is 0 Å². The van der Waals surface area contributed by atoms with E-state index in [9.17, 15) is 13.2 Å². The van der Waals surface area contributed by atoms with Crippen molar-refractivity contribution in [1.29, 1.82) is 0 Å². The SMILES string of the molecule is O=C(NC1CC1)c1cccc(S(=O)(=O)Nc2cccc(Br)c2)c1. The molecule has 0 aromatic heterocycles. The molecule has 0 atom stereocenters. The zero-order chi connectivity index (χ0) is 16.4. The number of nitrogens with one attached hydrogen (secondary N) is 2. The Labute approximate surface area is 143 Å². The van der Waals surface area contributed by atoms with Crippen molar-refractivity contribution in [2.24, 2.45) is 0 Å². The number of carbonyl (C=O) groups is 1. The largest absolute Gasteiger partial charge is 0.349 e. The summed E-state index contributed by atoms with van der Waals surface area (Å²) in [6, 6.07) is 13.1. The molecule has 1 saturated carbocycles. The highest BCUT2D eigenvalue weighted by atomic mass is 79.9. The Morgan fingerprint density at radius 2 is 1.83 bits per heavy atom. The van der Waals surface area contributed by atoms with Crippen LogP contribution in [0, 0.1) is 0 Å². The number of amides is 1. The van der Waals surface area contributed by atoms with Gasteiger partial charge in [-0.2, -0.15) is 0 Å². The summed E-state index contributed by atoms with van der Waals surface area (Å²) in [5.41, 5.74) is 0.793. The minimum absolute atomic E-state index is 0.0564. The van der Waals surface area contributed by atoms with E-state index in [0.29, 0.717) is 11.3 Å². The molecule has 2 N–H and O–H groups in total. The Morgan fingerprint density at radius 1 is 1.09 bits per heavy atom. The smallest absolute Gasteiger partial charge is 0.261 e. The second-order valence-corrected chi connectivity index (χ2v) is 7.99. The first-order valence-electron chi connectivity index (χ1n) is 7.13. The summed E-state index contributed by atoms with van der Waals surface area (Å²) < 4.78 is 28.2. The van der Waals surface area contributed by atoms with Crippen LogP contribution in [-0.2, 0) is 10.0 Å². The van der Waals surface area contributed by atoms with Crippen molar-refractivity contribution in [3.63, 3.8) is 0 Å². The lowest BCUT2D eigenvalue weighted by Gasteiger charge is -2.10. The fourth-order valence-corrected chi connectivity index (χ4v) is 3.56. The molecule has 1 amide bonds. The van der Waals surface area contributed by atoms with Gasteiger partial charge in [0.2, 0.25) is 0 Å². The molecule has 0 heterocycles. The topological polar surface area (TPSA) is 75.3 Å². The van der Waals surface area contributed by atoms with Crippen molar-refractivity contribution in [3.8, 4) is 0 Å². The fourth-order valence-electron chi connectivity index (χ4n) is 2.07. The highest BCUT2D eigenvalue weighted by Gasteiger charge is 2.24. The van der Waals surface area contributed by atoms with Crippen molar-refractivity contribution >= 4 is 37.5 Å². The molecule has 7 heteroatoms. The lowest BCUT2D eigenvalue weighted by molar-refractivity contribution is 0.0951. The van der Waals surface area contributed by atoms with Gasteiger partial charge in [-0.3, -0.25) is 9.52 Å². The third-order valence-corrected chi connectivity index (χ3v) is 5.27. The van der Waals surface area contributed by atoms with Gasteiger partial charge < -0.3 is 5.32 Å². The summed E-state index contributed by atoms with van der Waals surface area (Å²) in [5.74, 6) is -0.244. The van der Waals surface area contributed by atoms with Crippen LogP contribution in [-0.4, -0.2) is 20.4 Å². The van der Waals surface area contributed by atoms with E-state index >= 15 is 0 Å². The molecule has 0 aliphatic heterocycles. The Kier molecular flexibility index (Phi) is 4.41. The molecule has 0 unspecified atom stereocenters. The average molecular weight is 395 g/mol. The third kappa shape index (κ3) is 4.11. The molecule has 1 aliphatic rings. The third-order valence-electron chi connectivity index (χ3n) is 3.40. The van der Waals surface area contributed by atoms with Gasteiger partial charge in [0.25, 0.3) is 15.9 Å². The van der Waals surface area contributed by atoms with E-state index in [4.69, 9.17) is 0 Å². The number of carbonyl (C=O) groups excluding carboxylic acids is 1. The minimum atomic E-state index is -3.75. The van der Waals surface area contributed by atoms with Crippen molar-refractivity contribution in [2.75, 3.05) is 4.72 Å². The number of hydrogen-bond donors (Lipinski definition) is 2. The van der Waals surface area contributed by atoms with Crippen LogP contribution < -0.4 is 10.0 Å². The lowest BCUT2D eigenvalue weighted by atomic mass is 10.2. The number of rotatable bonds is 5. The first-order valence-corrected chi connectivity index (χ1v) is 9.41. The summed E-state index contributed by atoms with van der Waals surface area (Å²) >= 11 is 3.30. The molecule has 3 rings (SSSR count). The molecule has 2 aromatic rings. The number of anilines is 1. The molecule has 0 bridgehead atoms. The molecule has 120 valence electrons. The van der Waals surface area contributed by atoms with Crippen LogP contribution in [0.2, 0.25) is 0 Å². The molecular weight excluding hydrogens is 380 g/mol. The van der Waals surface area contributed by atoms with E-state index in [0.717, 1.165) is 17.3 Å². The molecular formula is C16H15BrN2O3S. The van der Waals surface area contributed by atoms with Gasteiger partial charge in [0.1, 0.15) is 0 Å². The van der Waals surface area contributed by atoms with Gasteiger partial charge >= 0.3 is 0 Å². The van der Waals surface area contributed by atoms with Gasteiger partial charge in [0.15, 0.2) is 0 Å². The quantitative estimate of drug-likeness (QED) is 0.817. The van der Waals surface area contributed by atoms with Crippen molar-refractivity contribution in [3.05, 3.63) is 58.6 Å². The normalized spacial score (nSPS) is 14.3. The summed E-state index contributed by atoms with van der Waals surface area (Å²) in [5, 5.41) is 2.85. The van der Waals surface area contributed by atoms with Gasteiger partial charge in [0.05, 0.1) is 4.90 Å². The summed E-state index contributed by atoms with van der Waals surface area (Å²) in [7, 11) is -3.75. The molecule has 0 radical (unpaired) electrons. The lowest BCUT2D eigenvalue weighted by Crippen LogP contribution is -2.25. The van der Waals surface area contributed by atoms with Crippen molar-refractivity contribution in [2.45, 2.75) is 23.8 Å². The second-order valence-electron chi connectivity index (χ2n) is 5.39. The Bertz CT molecular complexity index is 848. The zero-order valence-corrected chi connectivity index (χ0v) is 14.5. The Hall–Kier alpha value is -1.86. The molecule has 1 aliphatic carbocycles. The van der Waals surface area contributed by atoms with Crippen LogP contribution in [0.4, 0.5) is 5.69 Å². The molecule has 2 aromatic carbocycles. The molecule has 5 nitrogen and oxygen atoms in total. The highest BCUT2D eigenvalue weighted by Crippen LogP contribution is 2.22. The van der Waals surface area contributed by atoms with E-state index < -0.39 is 10.0 Å². The molecule has 1 fully saturated rings. The van der Waals surface area contributed by atoms with E-state index in [1.54, 1.807) is 36.4 Å². The summed E-state index contributed by atoms with van der Waals surface area (Å²) in [4.78, 5) is 12.1. The maximum atomic E-state index is 12.5. The zero-order valence-electron chi connectivity index (χ0n) is 12.1. The predicted octanol–water partition coefficient (Wildman–Crippen LogP) is 3.14. The van der Waals surface area contributed by atoms with E-state index in [-0.39, 0.29) is 16.8 Å².